The van der Waals surface area contributed by atoms with Gasteiger partial charge in [-0.25, -0.2) is 0 Å². The normalized spacial score (nSPS) is 10.8. The molecule has 0 radical (unpaired) electrons. The Morgan fingerprint density at radius 1 is 1.30 bits per heavy atom. The maximum Gasteiger partial charge on any atom is 0.282 e. The summed E-state index contributed by atoms with van der Waals surface area (Å²) < 4.78 is 1.18. The summed E-state index contributed by atoms with van der Waals surface area (Å²) in [6, 6.07) is 8.86. The van der Waals surface area contributed by atoms with Crippen molar-refractivity contribution in [3.63, 3.8) is 0 Å². The highest BCUT2D eigenvalue weighted by atomic mass is 32.1. The Bertz CT molecular complexity index is 868. The van der Waals surface area contributed by atoms with E-state index in [2.05, 4.69) is 17.7 Å². The van der Waals surface area contributed by atoms with Gasteiger partial charge in [-0.2, -0.15) is 9.78 Å². The molecule has 0 aliphatic heterocycles. The SMILES string of the molecule is Nc1scc2c(C(=O)S)nn(-c3ccccc3)c(=O)c12. The Morgan fingerprint density at radius 2 is 2.00 bits per heavy atom. The lowest BCUT2D eigenvalue weighted by Gasteiger charge is -2.07. The Morgan fingerprint density at radius 3 is 2.65 bits per heavy atom. The number of benzene rings is 1. The third kappa shape index (κ3) is 1.91. The number of nitrogen functional groups attached to an aromatic ring is 1. The van der Waals surface area contributed by atoms with E-state index >= 15 is 0 Å². The number of hydrogen-bond acceptors (Lipinski definition) is 5. The summed E-state index contributed by atoms with van der Waals surface area (Å²) in [6.45, 7) is 0. The van der Waals surface area contributed by atoms with Crippen LogP contribution in [0.2, 0.25) is 0 Å². The monoisotopic (exact) mass is 303 g/mol. The van der Waals surface area contributed by atoms with Crippen LogP contribution in [0, 0.1) is 0 Å². The van der Waals surface area contributed by atoms with Crippen LogP contribution in [0.3, 0.4) is 0 Å². The molecule has 1 aromatic carbocycles. The minimum absolute atomic E-state index is 0.125. The number of carbonyl (C=O) groups is 1. The van der Waals surface area contributed by atoms with Crippen LogP contribution in [-0.4, -0.2) is 14.9 Å². The summed E-state index contributed by atoms with van der Waals surface area (Å²) >= 11 is 5.02. The molecular weight excluding hydrogens is 294 g/mol. The quantitative estimate of drug-likeness (QED) is 0.711. The number of thiophene rings is 1. The van der Waals surface area contributed by atoms with Crippen molar-refractivity contribution < 1.29 is 4.79 Å². The van der Waals surface area contributed by atoms with Gasteiger partial charge in [0.25, 0.3) is 5.56 Å². The maximum absolute atomic E-state index is 12.5. The molecule has 0 atom stereocenters. The number of hydrogen-bond donors (Lipinski definition) is 2. The molecule has 2 N–H and O–H groups in total. The van der Waals surface area contributed by atoms with Gasteiger partial charge in [-0.05, 0) is 12.1 Å². The summed E-state index contributed by atoms with van der Waals surface area (Å²) in [4.78, 5) is 24.1. The van der Waals surface area contributed by atoms with Gasteiger partial charge in [0.15, 0.2) is 0 Å². The summed E-state index contributed by atoms with van der Waals surface area (Å²) in [5.41, 5.74) is 6.19. The van der Waals surface area contributed by atoms with E-state index in [0.29, 0.717) is 21.5 Å². The molecule has 100 valence electrons. The average Bonchev–Trinajstić information content (AvgIpc) is 2.82. The molecule has 0 aliphatic carbocycles. The first-order chi connectivity index (χ1) is 9.59. The molecule has 20 heavy (non-hydrogen) atoms. The van der Waals surface area contributed by atoms with Crippen LogP contribution in [0.4, 0.5) is 5.00 Å². The second-order valence-electron chi connectivity index (χ2n) is 4.09. The number of para-hydroxylation sites is 1. The van der Waals surface area contributed by atoms with Crippen molar-refractivity contribution >= 4 is 44.9 Å². The van der Waals surface area contributed by atoms with Crippen LogP contribution in [0.1, 0.15) is 10.5 Å². The second-order valence-corrected chi connectivity index (χ2v) is 5.41. The number of rotatable bonds is 2. The van der Waals surface area contributed by atoms with Gasteiger partial charge in [0.05, 0.1) is 16.1 Å². The Kier molecular flexibility index (Phi) is 3.07. The van der Waals surface area contributed by atoms with Crippen LogP contribution in [-0.2, 0) is 0 Å². The highest BCUT2D eigenvalue weighted by Crippen LogP contribution is 2.27. The lowest BCUT2D eigenvalue weighted by atomic mass is 10.2. The van der Waals surface area contributed by atoms with Crippen LogP contribution in [0.25, 0.3) is 16.5 Å². The molecule has 2 aromatic heterocycles. The molecule has 0 fully saturated rings. The van der Waals surface area contributed by atoms with E-state index in [4.69, 9.17) is 5.73 Å². The van der Waals surface area contributed by atoms with Gasteiger partial charge in [0.2, 0.25) is 5.12 Å². The third-order valence-corrected chi connectivity index (χ3v) is 3.91. The fraction of sp³-hybridized carbons (Fsp3) is 0. The van der Waals surface area contributed by atoms with Gasteiger partial charge in [0, 0.05) is 10.8 Å². The Balaban J connectivity index is 2.45. The van der Waals surface area contributed by atoms with E-state index in [0.717, 1.165) is 0 Å². The average molecular weight is 303 g/mol. The van der Waals surface area contributed by atoms with E-state index in [1.165, 1.54) is 16.0 Å². The van der Waals surface area contributed by atoms with Crippen molar-refractivity contribution in [2.75, 3.05) is 5.73 Å². The van der Waals surface area contributed by atoms with Crippen LogP contribution >= 0.6 is 24.0 Å². The molecule has 5 nitrogen and oxygen atoms in total. The molecular formula is C13H9N3O2S2. The minimum atomic E-state index is -0.502. The predicted octanol–water partition coefficient (Wildman–Crippen LogP) is 2.10. The third-order valence-electron chi connectivity index (χ3n) is 2.88. The number of aromatic nitrogens is 2. The molecule has 3 aromatic rings. The van der Waals surface area contributed by atoms with Crippen molar-refractivity contribution in [2.45, 2.75) is 0 Å². The van der Waals surface area contributed by atoms with Gasteiger partial charge in [-0.1, -0.05) is 30.8 Å². The van der Waals surface area contributed by atoms with Crippen LogP contribution in [0.15, 0.2) is 40.5 Å². The topological polar surface area (TPSA) is 78.0 Å². The smallest absolute Gasteiger partial charge is 0.282 e. The highest BCUT2D eigenvalue weighted by molar-refractivity contribution is 7.97. The van der Waals surface area contributed by atoms with E-state index in [9.17, 15) is 9.59 Å². The van der Waals surface area contributed by atoms with Crippen LogP contribution < -0.4 is 11.3 Å². The first-order valence-corrected chi connectivity index (χ1v) is 7.01. The molecule has 7 heteroatoms. The molecule has 0 unspecified atom stereocenters. The first kappa shape index (κ1) is 12.9. The predicted molar refractivity (Wildman–Crippen MR) is 82.9 cm³/mol. The number of nitrogens with two attached hydrogens (primary N) is 1. The molecule has 3 rings (SSSR count). The number of nitrogens with zero attached hydrogens (tertiary/aromatic N) is 2. The van der Waals surface area contributed by atoms with E-state index < -0.39 is 5.12 Å². The fourth-order valence-corrected chi connectivity index (χ4v) is 2.93. The molecule has 0 saturated carbocycles. The molecule has 0 bridgehead atoms. The van der Waals surface area contributed by atoms with Gasteiger partial charge in [-0.3, -0.25) is 9.59 Å². The standard InChI is InChI=1S/C13H9N3O2S2/c14-11-9-8(6-20-11)10(13(18)19)15-16(12(9)17)7-4-2-1-3-5-7/h1-6H,14H2,(H,18,19). The lowest BCUT2D eigenvalue weighted by molar-refractivity contribution is 0.108. The molecule has 2 heterocycles. The molecule has 0 aliphatic rings. The zero-order valence-electron chi connectivity index (χ0n) is 10.1. The largest absolute Gasteiger partial charge is 0.390 e. The minimum Gasteiger partial charge on any atom is -0.390 e. The van der Waals surface area contributed by atoms with Crippen LogP contribution in [0.5, 0.6) is 0 Å². The van der Waals surface area contributed by atoms with Crippen molar-refractivity contribution in [2.24, 2.45) is 0 Å². The zero-order chi connectivity index (χ0) is 14.3. The van der Waals surface area contributed by atoms with Crippen molar-refractivity contribution in [3.05, 3.63) is 51.8 Å². The lowest BCUT2D eigenvalue weighted by Crippen LogP contribution is -2.23. The van der Waals surface area contributed by atoms with Gasteiger partial charge in [0.1, 0.15) is 5.69 Å². The first-order valence-electron chi connectivity index (χ1n) is 5.68. The van der Waals surface area contributed by atoms with E-state index in [1.54, 1.807) is 29.6 Å². The van der Waals surface area contributed by atoms with Gasteiger partial charge < -0.3 is 5.73 Å². The Labute approximate surface area is 123 Å². The summed E-state index contributed by atoms with van der Waals surface area (Å²) in [5, 5.41) is 6.39. The van der Waals surface area contributed by atoms with Gasteiger partial charge >= 0.3 is 0 Å². The summed E-state index contributed by atoms with van der Waals surface area (Å²) in [7, 11) is 0. The Hall–Kier alpha value is -2.12. The van der Waals surface area contributed by atoms with Gasteiger partial charge in [-0.15, -0.1) is 11.3 Å². The van der Waals surface area contributed by atoms with Crippen molar-refractivity contribution in [1.29, 1.82) is 0 Å². The molecule has 0 amide bonds. The molecule has 0 saturated heterocycles. The maximum atomic E-state index is 12.5. The van der Waals surface area contributed by atoms with Crippen molar-refractivity contribution in [3.8, 4) is 5.69 Å². The summed E-state index contributed by atoms with van der Waals surface area (Å²) in [5.74, 6) is 0. The highest BCUT2D eigenvalue weighted by Gasteiger charge is 2.18. The number of thiol groups is 1. The second kappa shape index (κ2) is 4.77. The number of anilines is 1. The zero-order valence-corrected chi connectivity index (χ0v) is 11.8. The number of carbonyl (C=O) groups excluding carboxylic acids is 1. The van der Waals surface area contributed by atoms with E-state index in [-0.39, 0.29) is 11.3 Å². The summed E-state index contributed by atoms with van der Waals surface area (Å²) in [6.07, 6.45) is 0. The van der Waals surface area contributed by atoms with E-state index in [1.807, 2.05) is 6.07 Å². The number of fused-ring (bicyclic) bond motifs is 1. The fourth-order valence-electron chi connectivity index (χ4n) is 1.98. The van der Waals surface area contributed by atoms with Crippen molar-refractivity contribution in [1.82, 2.24) is 9.78 Å². The molecule has 0 spiro atoms.